The van der Waals surface area contributed by atoms with Gasteiger partial charge in [-0.15, -0.1) is 0 Å². The lowest BCUT2D eigenvalue weighted by Crippen LogP contribution is -2.38. The van der Waals surface area contributed by atoms with Crippen LogP contribution in [0.2, 0.25) is 0 Å². The Labute approximate surface area is 183 Å². The molecule has 3 heterocycles. The number of para-hydroxylation sites is 1. The summed E-state index contributed by atoms with van der Waals surface area (Å²) in [5, 5.41) is 0. The van der Waals surface area contributed by atoms with Gasteiger partial charge in [0.25, 0.3) is 5.91 Å². The van der Waals surface area contributed by atoms with Gasteiger partial charge in [-0.25, -0.2) is 4.98 Å². The number of carbonyl (C=O) groups excluding carboxylic acids is 1. The normalized spacial score (nSPS) is 19.4. The quantitative estimate of drug-likeness (QED) is 0.674. The van der Waals surface area contributed by atoms with E-state index in [-0.39, 0.29) is 11.9 Å². The van der Waals surface area contributed by atoms with E-state index in [2.05, 4.69) is 9.88 Å². The van der Waals surface area contributed by atoms with Crippen molar-refractivity contribution in [3.05, 3.63) is 47.9 Å². The molecule has 0 radical (unpaired) electrons. The molecule has 0 unspecified atom stereocenters. The number of anilines is 1. The molecule has 2 aliphatic heterocycles. The summed E-state index contributed by atoms with van der Waals surface area (Å²) in [4.78, 5) is 28.7. The standard InChI is InChI=1S/C23H31N5O3/c1-26(2)22-17-24-16-19(25-22)20-7-5-9-28(20)23(29)18-6-3-4-8-21(18)31-15-12-27-10-13-30-14-11-27/h3-4,6,8,16-17,20H,5,7,9-15H2,1-2H3/t20-/m1/s1. The van der Waals surface area contributed by atoms with Gasteiger partial charge in [0.15, 0.2) is 0 Å². The summed E-state index contributed by atoms with van der Waals surface area (Å²) in [6, 6.07) is 7.46. The van der Waals surface area contributed by atoms with Crippen LogP contribution in [0.15, 0.2) is 36.7 Å². The molecule has 0 N–H and O–H groups in total. The highest BCUT2D eigenvalue weighted by Crippen LogP contribution is 2.34. The summed E-state index contributed by atoms with van der Waals surface area (Å²) in [5.41, 5.74) is 1.44. The zero-order valence-corrected chi connectivity index (χ0v) is 18.4. The van der Waals surface area contributed by atoms with E-state index >= 15 is 0 Å². The van der Waals surface area contributed by atoms with Crippen molar-refractivity contribution in [3.8, 4) is 5.75 Å². The van der Waals surface area contributed by atoms with Crippen LogP contribution in [0.25, 0.3) is 0 Å². The second-order valence-corrected chi connectivity index (χ2v) is 8.15. The number of amides is 1. The van der Waals surface area contributed by atoms with E-state index in [4.69, 9.17) is 14.5 Å². The SMILES string of the molecule is CN(C)c1cncc([C@H]2CCCN2C(=O)c2ccccc2OCCN2CCOCC2)n1. The zero-order chi connectivity index (χ0) is 21.6. The Balaban J connectivity index is 1.46. The predicted molar refractivity (Wildman–Crippen MR) is 119 cm³/mol. The Morgan fingerprint density at radius 3 is 2.81 bits per heavy atom. The van der Waals surface area contributed by atoms with E-state index in [1.165, 1.54) is 0 Å². The number of benzene rings is 1. The Bertz CT molecular complexity index is 885. The van der Waals surface area contributed by atoms with Crippen molar-refractivity contribution in [1.82, 2.24) is 19.8 Å². The molecule has 2 fully saturated rings. The van der Waals surface area contributed by atoms with Crippen molar-refractivity contribution in [2.24, 2.45) is 0 Å². The van der Waals surface area contributed by atoms with Crippen molar-refractivity contribution < 1.29 is 14.3 Å². The number of likely N-dealkylation sites (tertiary alicyclic amines) is 1. The summed E-state index contributed by atoms with van der Waals surface area (Å²) in [5.74, 6) is 1.42. The van der Waals surface area contributed by atoms with Crippen LogP contribution in [0.3, 0.4) is 0 Å². The summed E-state index contributed by atoms with van der Waals surface area (Å²) >= 11 is 0. The molecule has 31 heavy (non-hydrogen) atoms. The van der Waals surface area contributed by atoms with E-state index in [9.17, 15) is 4.79 Å². The molecule has 2 aromatic rings. The zero-order valence-electron chi connectivity index (χ0n) is 18.4. The van der Waals surface area contributed by atoms with E-state index in [0.29, 0.717) is 24.5 Å². The number of carbonyl (C=O) groups is 1. The molecule has 0 saturated carbocycles. The van der Waals surface area contributed by atoms with Crippen LogP contribution in [0.4, 0.5) is 5.82 Å². The molecule has 8 heteroatoms. The average Bonchev–Trinajstić information content (AvgIpc) is 3.30. The second kappa shape index (κ2) is 10.1. The molecule has 2 aliphatic rings. The molecule has 0 bridgehead atoms. The minimum atomic E-state index is -0.0682. The fourth-order valence-electron chi connectivity index (χ4n) is 4.10. The highest BCUT2D eigenvalue weighted by atomic mass is 16.5. The Morgan fingerprint density at radius 2 is 2.00 bits per heavy atom. The van der Waals surface area contributed by atoms with Crippen LogP contribution in [-0.2, 0) is 4.74 Å². The predicted octanol–water partition coefficient (Wildman–Crippen LogP) is 2.23. The van der Waals surface area contributed by atoms with Gasteiger partial charge in [-0.1, -0.05) is 12.1 Å². The van der Waals surface area contributed by atoms with Gasteiger partial charge in [0, 0.05) is 40.3 Å². The molecule has 0 spiro atoms. The van der Waals surface area contributed by atoms with E-state index in [1.807, 2.05) is 48.2 Å². The number of rotatable bonds is 7. The second-order valence-electron chi connectivity index (χ2n) is 8.15. The Hall–Kier alpha value is -2.71. The van der Waals surface area contributed by atoms with E-state index < -0.39 is 0 Å². The smallest absolute Gasteiger partial charge is 0.258 e. The molecule has 1 aromatic carbocycles. The topological polar surface area (TPSA) is 71.0 Å². The van der Waals surface area contributed by atoms with Gasteiger partial charge in [-0.2, -0.15) is 0 Å². The van der Waals surface area contributed by atoms with Crippen molar-refractivity contribution in [2.45, 2.75) is 18.9 Å². The number of morpholine rings is 1. The number of nitrogens with zero attached hydrogens (tertiary/aromatic N) is 5. The molecule has 1 amide bonds. The highest BCUT2D eigenvalue weighted by molar-refractivity contribution is 5.97. The van der Waals surface area contributed by atoms with Crippen LogP contribution in [0.1, 0.15) is 34.9 Å². The van der Waals surface area contributed by atoms with Gasteiger partial charge in [-0.05, 0) is 25.0 Å². The average molecular weight is 426 g/mol. The molecule has 2 saturated heterocycles. The van der Waals surface area contributed by atoms with Crippen molar-refractivity contribution in [2.75, 3.05) is 65.0 Å². The van der Waals surface area contributed by atoms with Gasteiger partial charge >= 0.3 is 0 Å². The number of aromatic nitrogens is 2. The van der Waals surface area contributed by atoms with Crippen LogP contribution in [0, 0.1) is 0 Å². The van der Waals surface area contributed by atoms with Crippen molar-refractivity contribution >= 4 is 11.7 Å². The third-order valence-corrected chi connectivity index (χ3v) is 5.84. The number of hydrogen-bond acceptors (Lipinski definition) is 7. The summed E-state index contributed by atoms with van der Waals surface area (Å²) in [6.07, 6.45) is 5.35. The maximum absolute atomic E-state index is 13.5. The monoisotopic (exact) mass is 425 g/mol. The third kappa shape index (κ3) is 5.14. The molecule has 0 aliphatic carbocycles. The van der Waals surface area contributed by atoms with Crippen LogP contribution in [0.5, 0.6) is 5.75 Å². The molecular weight excluding hydrogens is 394 g/mol. The lowest BCUT2D eigenvalue weighted by atomic mass is 10.1. The molecule has 8 nitrogen and oxygen atoms in total. The lowest BCUT2D eigenvalue weighted by Gasteiger charge is -2.27. The van der Waals surface area contributed by atoms with Gasteiger partial charge in [0.2, 0.25) is 0 Å². The van der Waals surface area contributed by atoms with Crippen LogP contribution in [-0.4, -0.2) is 85.8 Å². The van der Waals surface area contributed by atoms with Gasteiger partial charge in [0.1, 0.15) is 18.2 Å². The van der Waals surface area contributed by atoms with Gasteiger partial charge < -0.3 is 19.3 Å². The largest absolute Gasteiger partial charge is 0.491 e. The van der Waals surface area contributed by atoms with Crippen molar-refractivity contribution in [3.63, 3.8) is 0 Å². The maximum atomic E-state index is 13.5. The molecule has 166 valence electrons. The van der Waals surface area contributed by atoms with Crippen molar-refractivity contribution in [1.29, 1.82) is 0 Å². The third-order valence-electron chi connectivity index (χ3n) is 5.84. The van der Waals surface area contributed by atoms with Gasteiger partial charge in [0.05, 0.1) is 42.9 Å². The minimum absolute atomic E-state index is 0.0125. The fourth-order valence-corrected chi connectivity index (χ4v) is 4.10. The first-order chi connectivity index (χ1) is 15.1. The molecular formula is C23H31N5O3. The Morgan fingerprint density at radius 1 is 1.19 bits per heavy atom. The summed E-state index contributed by atoms with van der Waals surface area (Å²) in [6.45, 7) is 5.46. The first kappa shape index (κ1) is 21.5. The minimum Gasteiger partial charge on any atom is -0.491 e. The lowest BCUT2D eigenvalue weighted by molar-refractivity contribution is 0.0321. The molecule has 4 rings (SSSR count). The Kier molecular flexibility index (Phi) is 6.99. The van der Waals surface area contributed by atoms with Gasteiger partial charge in [-0.3, -0.25) is 14.7 Å². The molecule has 1 aromatic heterocycles. The van der Waals surface area contributed by atoms with Crippen LogP contribution >= 0.6 is 0 Å². The number of hydrogen-bond donors (Lipinski definition) is 0. The van der Waals surface area contributed by atoms with Crippen LogP contribution < -0.4 is 9.64 Å². The summed E-state index contributed by atoms with van der Waals surface area (Å²) in [7, 11) is 3.88. The maximum Gasteiger partial charge on any atom is 0.258 e. The highest BCUT2D eigenvalue weighted by Gasteiger charge is 2.33. The first-order valence-corrected chi connectivity index (χ1v) is 11.0. The first-order valence-electron chi connectivity index (χ1n) is 11.0. The van der Waals surface area contributed by atoms with E-state index in [0.717, 1.165) is 57.2 Å². The molecule has 1 atom stereocenters. The van der Waals surface area contributed by atoms with E-state index in [1.54, 1.807) is 12.4 Å². The fraction of sp³-hybridized carbons (Fsp3) is 0.522. The number of ether oxygens (including phenoxy) is 2. The summed E-state index contributed by atoms with van der Waals surface area (Å²) < 4.78 is 11.4.